The highest BCUT2D eigenvalue weighted by Gasteiger charge is 2.28. The van der Waals surface area contributed by atoms with E-state index in [4.69, 9.17) is 11.6 Å². The van der Waals surface area contributed by atoms with Crippen molar-refractivity contribution in [3.63, 3.8) is 0 Å². The van der Waals surface area contributed by atoms with Crippen molar-refractivity contribution in [2.45, 2.75) is 0 Å². The van der Waals surface area contributed by atoms with Gasteiger partial charge in [0.25, 0.3) is 11.6 Å². The van der Waals surface area contributed by atoms with Crippen molar-refractivity contribution in [3.05, 3.63) is 62.7 Å². The third kappa shape index (κ3) is 4.50. The summed E-state index contributed by atoms with van der Waals surface area (Å²) in [4.78, 5) is 31.0. The van der Waals surface area contributed by atoms with Gasteiger partial charge in [-0.2, -0.15) is 0 Å². The largest absolute Gasteiger partial charge is 0.308 e. The normalized spacial score (nSPS) is 11.2. The Labute approximate surface area is 173 Å². The molecule has 0 aliphatic rings. The molecule has 1 aromatic heterocycles. The van der Waals surface area contributed by atoms with Gasteiger partial charge in [0, 0.05) is 30.2 Å². The molecule has 0 N–H and O–H groups in total. The molecule has 0 bridgehead atoms. The van der Waals surface area contributed by atoms with Gasteiger partial charge in [-0.15, -0.1) is 0 Å². The van der Waals surface area contributed by atoms with E-state index in [-0.39, 0.29) is 32.5 Å². The molecule has 29 heavy (non-hydrogen) atoms. The van der Waals surface area contributed by atoms with Gasteiger partial charge in [-0.25, -0.2) is 13.8 Å². The molecule has 0 saturated heterocycles. The highest BCUT2D eigenvalue weighted by molar-refractivity contribution is 7.22. The van der Waals surface area contributed by atoms with Crippen molar-refractivity contribution in [3.8, 4) is 0 Å². The minimum atomic E-state index is -0.851. The highest BCUT2D eigenvalue weighted by atomic mass is 35.5. The van der Waals surface area contributed by atoms with Gasteiger partial charge in [-0.1, -0.05) is 22.9 Å². The molecule has 0 spiro atoms. The SMILES string of the molecule is CN(C)CCN(C(=O)c1cc(Cl)ccc1[N+](=O)[O-])c1nc2c(F)cc(F)cc2s1. The molecule has 0 fully saturated rings. The van der Waals surface area contributed by atoms with Crippen LogP contribution in [0.25, 0.3) is 10.2 Å². The topological polar surface area (TPSA) is 79.6 Å². The number of halogens is 3. The number of nitro groups is 1. The van der Waals surface area contributed by atoms with E-state index in [1.165, 1.54) is 17.0 Å². The maximum atomic E-state index is 14.1. The third-order valence-corrected chi connectivity index (χ3v) is 5.29. The van der Waals surface area contributed by atoms with E-state index in [2.05, 4.69) is 4.98 Å². The zero-order valence-corrected chi connectivity index (χ0v) is 16.9. The van der Waals surface area contributed by atoms with E-state index >= 15 is 0 Å². The number of carbonyl (C=O) groups is 1. The molecule has 2 aromatic carbocycles. The lowest BCUT2D eigenvalue weighted by atomic mass is 10.1. The summed E-state index contributed by atoms with van der Waals surface area (Å²) < 4.78 is 27.8. The van der Waals surface area contributed by atoms with E-state index in [9.17, 15) is 23.7 Å². The molecule has 1 amide bonds. The fraction of sp³-hybridized carbons (Fsp3) is 0.222. The molecule has 11 heteroatoms. The van der Waals surface area contributed by atoms with Crippen LogP contribution in [0.1, 0.15) is 10.4 Å². The number of anilines is 1. The van der Waals surface area contributed by atoms with Crippen LogP contribution in [0.5, 0.6) is 0 Å². The van der Waals surface area contributed by atoms with E-state index in [0.29, 0.717) is 12.6 Å². The number of fused-ring (bicyclic) bond motifs is 1. The first kappa shape index (κ1) is 21.0. The molecule has 152 valence electrons. The predicted octanol–water partition coefficient (Wildman–Crippen LogP) is 4.34. The van der Waals surface area contributed by atoms with Crippen molar-refractivity contribution in [1.29, 1.82) is 0 Å². The molecular weight excluding hydrogens is 426 g/mol. The van der Waals surface area contributed by atoms with E-state index in [1.54, 1.807) is 19.0 Å². The standard InChI is InChI=1S/C18H15ClF2N4O3S/c1-23(2)5-6-24(17(26)12-7-10(19)3-4-14(12)25(27)28)18-22-16-13(21)8-11(20)9-15(16)29-18/h3-4,7-9H,5-6H2,1-2H3. The van der Waals surface area contributed by atoms with Crippen LogP contribution in [-0.2, 0) is 0 Å². The Morgan fingerprint density at radius 2 is 1.97 bits per heavy atom. The Morgan fingerprint density at radius 1 is 1.24 bits per heavy atom. The lowest BCUT2D eigenvalue weighted by Gasteiger charge is -2.22. The number of nitrogens with zero attached hydrogens (tertiary/aromatic N) is 4. The van der Waals surface area contributed by atoms with Gasteiger partial charge in [0.05, 0.1) is 9.62 Å². The average Bonchev–Trinajstić information content (AvgIpc) is 3.05. The van der Waals surface area contributed by atoms with Gasteiger partial charge in [0.2, 0.25) is 0 Å². The number of rotatable bonds is 6. The molecule has 3 rings (SSSR count). The van der Waals surface area contributed by atoms with Crippen LogP contribution in [0.3, 0.4) is 0 Å². The molecular formula is C18H15ClF2N4O3S. The van der Waals surface area contributed by atoms with Gasteiger partial charge in [0.1, 0.15) is 16.9 Å². The zero-order valence-electron chi connectivity index (χ0n) is 15.4. The van der Waals surface area contributed by atoms with Gasteiger partial charge < -0.3 is 4.90 Å². The Bertz CT molecular complexity index is 1110. The van der Waals surface area contributed by atoms with E-state index < -0.39 is 28.2 Å². The predicted molar refractivity (Wildman–Crippen MR) is 108 cm³/mol. The van der Waals surface area contributed by atoms with Gasteiger partial charge in [0.15, 0.2) is 10.9 Å². The Kier molecular flexibility index (Phi) is 6.06. The van der Waals surface area contributed by atoms with Gasteiger partial charge in [-0.3, -0.25) is 19.8 Å². The van der Waals surface area contributed by atoms with Crippen molar-refractivity contribution in [2.75, 3.05) is 32.1 Å². The number of likely N-dealkylation sites (N-methyl/N-ethyl adjacent to an activating group) is 1. The number of carbonyl (C=O) groups excluding carboxylic acids is 1. The first-order valence-electron chi connectivity index (χ1n) is 8.33. The van der Waals surface area contributed by atoms with Crippen LogP contribution in [0.15, 0.2) is 30.3 Å². The summed E-state index contributed by atoms with van der Waals surface area (Å²) in [5.74, 6) is -2.32. The number of hydrogen-bond acceptors (Lipinski definition) is 6. The monoisotopic (exact) mass is 440 g/mol. The summed E-state index contributed by atoms with van der Waals surface area (Å²) in [5.41, 5.74) is -0.700. The maximum absolute atomic E-state index is 14.1. The minimum absolute atomic E-state index is 0.0744. The Hall–Kier alpha value is -2.69. The average molecular weight is 441 g/mol. The fourth-order valence-electron chi connectivity index (χ4n) is 2.63. The van der Waals surface area contributed by atoms with Crippen molar-refractivity contribution < 1.29 is 18.5 Å². The van der Waals surface area contributed by atoms with Crippen molar-refractivity contribution in [1.82, 2.24) is 9.88 Å². The minimum Gasteiger partial charge on any atom is -0.308 e. The maximum Gasteiger partial charge on any atom is 0.282 e. The van der Waals surface area contributed by atoms with Crippen LogP contribution in [-0.4, -0.2) is 47.9 Å². The first-order valence-corrected chi connectivity index (χ1v) is 9.53. The number of thiazole rings is 1. The third-order valence-electron chi connectivity index (χ3n) is 4.03. The Balaban J connectivity index is 2.11. The highest BCUT2D eigenvalue weighted by Crippen LogP contribution is 2.33. The van der Waals surface area contributed by atoms with Crippen LogP contribution in [0.4, 0.5) is 19.6 Å². The second-order valence-corrected chi connectivity index (χ2v) is 7.85. The number of amides is 1. The molecule has 0 saturated carbocycles. The van der Waals surface area contributed by atoms with Crippen LogP contribution in [0.2, 0.25) is 5.02 Å². The summed E-state index contributed by atoms with van der Waals surface area (Å²) in [7, 11) is 3.58. The summed E-state index contributed by atoms with van der Waals surface area (Å²) >= 11 is 6.86. The van der Waals surface area contributed by atoms with E-state index in [0.717, 1.165) is 23.5 Å². The lowest BCUT2D eigenvalue weighted by Crippen LogP contribution is -2.37. The number of nitro benzene ring substituents is 1. The molecule has 3 aromatic rings. The summed E-state index contributed by atoms with van der Waals surface area (Å²) in [5, 5.41) is 11.6. The number of benzene rings is 2. The molecule has 0 atom stereocenters. The first-order chi connectivity index (χ1) is 13.7. The van der Waals surface area contributed by atoms with Crippen molar-refractivity contribution >= 4 is 49.9 Å². The van der Waals surface area contributed by atoms with Gasteiger partial charge >= 0.3 is 0 Å². The van der Waals surface area contributed by atoms with Crippen LogP contribution < -0.4 is 4.90 Å². The van der Waals surface area contributed by atoms with Crippen LogP contribution in [0, 0.1) is 21.7 Å². The lowest BCUT2D eigenvalue weighted by molar-refractivity contribution is -0.385. The number of hydrogen-bond donors (Lipinski definition) is 0. The Morgan fingerprint density at radius 3 is 2.62 bits per heavy atom. The summed E-state index contributed by atoms with van der Waals surface area (Å²) in [6.45, 7) is 0.534. The second-order valence-electron chi connectivity index (χ2n) is 6.41. The second kappa shape index (κ2) is 8.36. The van der Waals surface area contributed by atoms with Gasteiger partial charge in [-0.05, 0) is 32.3 Å². The molecule has 0 aliphatic heterocycles. The van der Waals surface area contributed by atoms with Crippen molar-refractivity contribution in [2.24, 2.45) is 0 Å². The molecule has 0 aliphatic carbocycles. The van der Waals surface area contributed by atoms with E-state index in [1.807, 2.05) is 0 Å². The summed E-state index contributed by atoms with van der Waals surface area (Å²) in [6, 6.07) is 5.50. The fourth-order valence-corrected chi connectivity index (χ4v) is 3.83. The van der Waals surface area contributed by atoms with Crippen LogP contribution >= 0.6 is 22.9 Å². The summed E-state index contributed by atoms with van der Waals surface area (Å²) in [6.07, 6.45) is 0. The molecule has 7 nitrogen and oxygen atoms in total. The zero-order chi connectivity index (χ0) is 21.3. The smallest absolute Gasteiger partial charge is 0.282 e. The number of aromatic nitrogens is 1. The molecule has 0 radical (unpaired) electrons. The molecule has 1 heterocycles. The molecule has 0 unspecified atom stereocenters. The quantitative estimate of drug-likeness (QED) is 0.420.